The number of hydrogen-bond acceptors (Lipinski definition) is 3. The summed E-state index contributed by atoms with van der Waals surface area (Å²) in [6.45, 7) is 5.20. The Morgan fingerprint density at radius 1 is 1.35 bits per heavy atom. The van der Waals surface area contributed by atoms with Crippen LogP contribution in [0.4, 0.5) is 0 Å². The quantitative estimate of drug-likeness (QED) is 0.841. The van der Waals surface area contributed by atoms with Crippen LogP contribution in [-0.2, 0) is 9.59 Å². The van der Waals surface area contributed by atoms with E-state index < -0.39 is 0 Å². The molecule has 5 heteroatoms. The van der Waals surface area contributed by atoms with Crippen molar-refractivity contribution in [3.05, 3.63) is 29.8 Å². The molecule has 1 aromatic carbocycles. The minimum atomic E-state index is -0.0906. The maximum atomic E-state index is 12.5. The molecule has 1 aliphatic heterocycles. The van der Waals surface area contributed by atoms with E-state index in [2.05, 4.69) is 29.6 Å². The number of piperidine rings is 1. The molecule has 0 unspecified atom stereocenters. The van der Waals surface area contributed by atoms with Gasteiger partial charge in [0.15, 0.2) is 0 Å². The maximum absolute atomic E-state index is 12.5. The second-order valence-corrected chi connectivity index (χ2v) is 6.92. The molecule has 2 atom stereocenters. The minimum absolute atomic E-state index is 0.0179. The van der Waals surface area contributed by atoms with Crippen LogP contribution in [0.2, 0.25) is 0 Å². The third-order valence-electron chi connectivity index (χ3n) is 4.42. The number of likely N-dealkylation sites (tertiary alicyclic amines) is 1. The van der Waals surface area contributed by atoms with Gasteiger partial charge in [-0.05, 0) is 43.7 Å². The van der Waals surface area contributed by atoms with Crippen molar-refractivity contribution in [3.63, 3.8) is 0 Å². The van der Waals surface area contributed by atoms with Gasteiger partial charge in [0.2, 0.25) is 11.8 Å². The lowest BCUT2D eigenvalue weighted by atomic mass is 9.96. The minimum Gasteiger partial charge on any atom is -0.349 e. The van der Waals surface area contributed by atoms with Crippen LogP contribution in [0, 0.1) is 5.92 Å². The molecule has 0 saturated carbocycles. The molecule has 2 amide bonds. The number of carbonyl (C=O) groups is 2. The SMILES string of the molecule is CCC(=O)N1CCC[C@@H](C(=O)N[C@H](C)c2ccc(SC)cc2)C1. The van der Waals surface area contributed by atoms with E-state index in [4.69, 9.17) is 0 Å². The van der Waals surface area contributed by atoms with Gasteiger partial charge in [-0.1, -0.05) is 19.1 Å². The van der Waals surface area contributed by atoms with E-state index in [0.29, 0.717) is 13.0 Å². The van der Waals surface area contributed by atoms with Gasteiger partial charge in [-0.25, -0.2) is 0 Å². The van der Waals surface area contributed by atoms with Crippen LogP contribution >= 0.6 is 11.8 Å². The zero-order chi connectivity index (χ0) is 16.8. The Kier molecular flexibility index (Phi) is 6.51. The second kappa shape index (κ2) is 8.39. The Morgan fingerprint density at radius 2 is 2.04 bits per heavy atom. The van der Waals surface area contributed by atoms with E-state index in [0.717, 1.165) is 24.9 Å². The molecule has 4 nitrogen and oxygen atoms in total. The largest absolute Gasteiger partial charge is 0.349 e. The highest BCUT2D eigenvalue weighted by Gasteiger charge is 2.28. The lowest BCUT2D eigenvalue weighted by molar-refractivity contribution is -0.135. The number of rotatable bonds is 5. The zero-order valence-corrected chi connectivity index (χ0v) is 15.0. The number of hydrogen-bond donors (Lipinski definition) is 1. The predicted molar refractivity (Wildman–Crippen MR) is 94.4 cm³/mol. The van der Waals surface area contributed by atoms with Crippen molar-refractivity contribution in [2.24, 2.45) is 5.92 Å². The van der Waals surface area contributed by atoms with Gasteiger partial charge in [-0.2, -0.15) is 0 Å². The van der Waals surface area contributed by atoms with Crippen LogP contribution in [0.5, 0.6) is 0 Å². The van der Waals surface area contributed by atoms with Crippen molar-refractivity contribution in [2.75, 3.05) is 19.3 Å². The van der Waals surface area contributed by atoms with E-state index in [1.54, 1.807) is 11.8 Å². The number of nitrogens with one attached hydrogen (secondary N) is 1. The van der Waals surface area contributed by atoms with Crippen molar-refractivity contribution in [1.29, 1.82) is 0 Å². The van der Waals surface area contributed by atoms with E-state index in [9.17, 15) is 9.59 Å². The highest BCUT2D eigenvalue weighted by atomic mass is 32.2. The lowest BCUT2D eigenvalue weighted by Gasteiger charge is -2.32. The molecule has 0 radical (unpaired) electrons. The Morgan fingerprint density at radius 3 is 2.65 bits per heavy atom. The first-order chi connectivity index (χ1) is 11.0. The third kappa shape index (κ3) is 4.74. The van der Waals surface area contributed by atoms with Crippen LogP contribution < -0.4 is 5.32 Å². The molecule has 2 rings (SSSR count). The fraction of sp³-hybridized carbons (Fsp3) is 0.556. The Hall–Kier alpha value is -1.49. The summed E-state index contributed by atoms with van der Waals surface area (Å²) in [7, 11) is 0. The fourth-order valence-electron chi connectivity index (χ4n) is 2.95. The van der Waals surface area contributed by atoms with Crippen molar-refractivity contribution >= 4 is 23.6 Å². The molecule has 23 heavy (non-hydrogen) atoms. The number of thioether (sulfide) groups is 1. The Bertz CT molecular complexity index is 544. The van der Waals surface area contributed by atoms with Crippen molar-refractivity contribution in [1.82, 2.24) is 10.2 Å². The molecule has 126 valence electrons. The fourth-order valence-corrected chi connectivity index (χ4v) is 3.36. The monoisotopic (exact) mass is 334 g/mol. The van der Waals surface area contributed by atoms with Gasteiger partial charge in [-0.3, -0.25) is 9.59 Å². The summed E-state index contributed by atoms with van der Waals surface area (Å²) in [5, 5.41) is 3.10. The first kappa shape index (κ1) is 17.9. The summed E-state index contributed by atoms with van der Waals surface area (Å²) < 4.78 is 0. The Balaban J connectivity index is 1.93. The van der Waals surface area contributed by atoms with Gasteiger partial charge in [0.05, 0.1) is 12.0 Å². The normalized spacial score (nSPS) is 19.3. The molecular formula is C18H26N2O2S. The smallest absolute Gasteiger partial charge is 0.225 e. The third-order valence-corrected chi connectivity index (χ3v) is 5.17. The highest BCUT2D eigenvalue weighted by Crippen LogP contribution is 2.21. The topological polar surface area (TPSA) is 49.4 Å². The molecule has 0 aromatic heterocycles. The van der Waals surface area contributed by atoms with Gasteiger partial charge in [-0.15, -0.1) is 11.8 Å². The molecule has 1 saturated heterocycles. The van der Waals surface area contributed by atoms with E-state index in [-0.39, 0.29) is 23.8 Å². The summed E-state index contributed by atoms with van der Waals surface area (Å²) in [6.07, 6.45) is 4.32. The summed E-state index contributed by atoms with van der Waals surface area (Å²) in [5.41, 5.74) is 1.11. The van der Waals surface area contributed by atoms with Gasteiger partial charge in [0.25, 0.3) is 0 Å². The first-order valence-electron chi connectivity index (χ1n) is 8.27. The zero-order valence-electron chi connectivity index (χ0n) is 14.2. The predicted octanol–water partition coefficient (Wildman–Crippen LogP) is 3.23. The van der Waals surface area contributed by atoms with Gasteiger partial charge >= 0.3 is 0 Å². The first-order valence-corrected chi connectivity index (χ1v) is 9.49. The number of benzene rings is 1. The average molecular weight is 334 g/mol. The van der Waals surface area contributed by atoms with Crippen molar-refractivity contribution in [3.8, 4) is 0 Å². The van der Waals surface area contributed by atoms with E-state index in [1.807, 2.05) is 25.0 Å². The molecule has 1 heterocycles. The lowest BCUT2D eigenvalue weighted by Crippen LogP contribution is -2.45. The van der Waals surface area contributed by atoms with Crippen LogP contribution in [0.15, 0.2) is 29.2 Å². The molecule has 0 aliphatic carbocycles. The molecule has 0 bridgehead atoms. The Labute approximate surface area is 143 Å². The van der Waals surface area contributed by atoms with Crippen LogP contribution in [0.25, 0.3) is 0 Å². The summed E-state index contributed by atoms with van der Waals surface area (Å²) >= 11 is 1.71. The van der Waals surface area contributed by atoms with Gasteiger partial charge in [0, 0.05) is 24.4 Å². The molecule has 0 spiro atoms. The molecule has 1 N–H and O–H groups in total. The number of carbonyl (C=O) groups excluding carboxylic acids is 2. The van der Waals surface area contributed by atoms with E-state index >= 15 is 0 Å². The van der Waals surface area contributed by atoms with Crippen LogP contribution in [-0.4, -0.2) is 36.1 Å². The van der Waals surface area contributed by atoms with Crippen LogP contribution in [0.3, 0.4) is 0 Å². The van der Waals surface area contributed by atoms with Gasteiger partial charge in [0.1, 0.15) is 0 Å². The van der Waals surface area contributed by atoms with Crippen molar-refractivity contribution < 1.29 is 9.59 Å². The van der Waals surface area contributed by atoms with E-state index in [1.165, 1.54) is 4.90 Å². The molecule has 1 aliphatic rings. The van der Waals surface area contributed by atoms with Crippen molar-refractivity contribution in [2.45, 2.75) is 44.0 Å². The maximum Gasteiger partial charge on any atom is 0.225 e. The summed E-state index contributed by atoms with van der Waals surface area (Å²) in [6, 6.07) is 8.25. The number of nitrogens with zero attached hydrogens (tertiary/aromatic N) is 1. The molecular weight excluding hydrogens is 308 g/mol. The standard InChI is InChI=1S/C18H26N2O2S/c1-4-17(21)20-11-5-6-15(12-20)18(22)19-13(2)14-7-9-16(23-3)10-8-14/h7-10,13,15H,4-6,11-12H2,1-3H3,(H,19,22)/t13-,15-/m1/s1. The summed E-state index contributed by atoms with van der Waals surface area (Å²) in [4.78, 5) is 27.4. The number of amides is 2. The average Bonchev–Trinajstić information content (AvgIpc) is 2.61. The molecule has 1 fully saturated rings. The second-order valence-electron chi connectivity index (χ2n) is 6.04. The summed E-state index contributed by atoms with van der Waals surface area (Å²) in [5.74, 6) is 0.107. The van der Waals surface area contributed by atoms with Crippen LogP contribution in [0.1, 0.15) is 44.7 Å². The molecule has 1 aromatic rings. The highest BCUT2D eigenvalue weighted by molar-refractivity contribution is 7.98. The van der Waals surface area contributed by atoms with Gasteiger partial charge < -0.3 is 10.2 Å².